The quantitative estimate of drug-likeness (QED) is 0.761. The number of amides is 3. The van der Waals surface area contributed by atoms with Crippen LogP contribution in [-0.4, -0.2) is 26.0 Å². The van der Waals surface area contributed by atoms with E-state index in [-0.39, 0.29) is 11.9 Å². The minimum absolute atomic E-state index is 0.236. The van der Waals surface area contributed by atoms with Crippen LogP contribution >= 0.6 is 0 Å². The van der Waals surface area contributed by atoms with Crippen LogP contribution in [0.15, 0.2) is 53.7 Å². The van der Waals surface area contributed by atoms with Crippen molar-refractivity contribution in [3.8, 4) is 0 Å². The molecule has 0 aliphatic carbocycles. The molecular formula is C22H26N4O2. The molecule has 1 unspecified atom stereocenters. The van der Waals surface area contributed by atoms with Crippen LogP contribution in [0.5, 0.6) is 0 Å². The van der Waals surface area contributed by atoms with Crippen molar-refractivity contribution < 1.29 is 9.59 Å². The van der Waals surface area contributed by atoms with Gasteiger partial charge in [0.2, 0.25) is 0 Å². The van der Waals surface area contributed by atoms with Crippen molar-refractivity contribution in [1.82, 2.24) is 10.6 Å². The van der Waals surface area contributed by atoms with Crippen molar-refractivity contribution in [2.75, 3.05) is 24.3 Å². The van der Waals surface area contributed by atoms with Gasteiger partial charge in [-0.25, -0.2) is 4.79 Å². The second kappa shape index (κ2) is 7.76. The maximum absolute atomic E-state index is 13.1. The summed E-state index contributed by atoms with van der Waals surface area (Å²) >= 11 is 0. The summed E-state index contributed by atoms with van der Waals surface area (Å²) in [6.45, 7) is 5.68. The molecule has 2 aromatic rings. The Kier molecular flexibility index (Phi) is 5.40. The van der Waals surface area contributed by atoms with Gasteiger partial charge in [0.05, 0.1) is 11.6 Å². The van der Waals surface area contributed by atoms with Crippen molar-refractivity contribution in [3.63, 3.8) is 0 Å². The molecular weight excluding hydrogens is 352 g/mol. The smallest absolute Gasteiger partial charge is 0.319 e. The Morgan fingerprint density at radius 1 is 1.04 bits per heavy atom. The van der Waals surface area contributed by atoms with Crippen molar-refractivity contribution in [1.29, 1.82) is 0 Å². The molecule has 0 saturated heterocycles. The predicted octanol–water partition coefficient (Wildman–Crippen LogP) is 3.64. The number of allylic oxidation sites excluding steroid dienone is 1. The van der Waals surface area contributed by atoms with E-state index < -0.39 is 6.04 Å². The number of benzene rings is 2. The van der Waals surface area contributed by atoms with E-state index in [1.54, 1.807) is 6.92 Å². The predicted molar refractivity (Wildman–Crippen MR) is 112 cm³/mol. The van der Waals surface area contributed by atoms with Gasteiger partial charge in [0, 0.05) is 31.2 Å². The lowest BCUT2D eigenvalue weighted by Crippen LogP contribution is -2.46. The normalized spacial score (nSPS) is 16.3. The van der Waals surface area contributed by atoms with Crippen LogP contribution in [0, 0.1) is 13.8 Å². The van der Waals surface area contributed by atoms with E-state index in [9.17, 15) is 9.59 Å². The molecule has 0 aromatic heterocycles. The number of aryl methyl sites for hydroxylation is 2. The highest BCUT2D eigenvalue weighted by Gasteiger charge is 2.31. The van der Waals surface area contributed by atoms with Gasteiger partial charge < -0.3 is 20.9 Å². The third kappa shape index (κ3) is 4.01. The number of carbonyl (C=O) groups excluding carboxylic acids is 2. The van der Waals surface area contributed by atoms with Crippen molar-refractivity contribution in [3.05, 3.63) is 70.4 Å². The molecule has 6 nitrogen and oxygen atoms in total. The van der Waals surface area contributed by atoms with Gasteiger partial charge in [0.15, 0.2) is 0 Å². The molecule has 1 heterocycles. The van der Waals surface area contributed by atoms with E-state index in [4.69, 9.17) is 0 Å². The average Bonchev–Trinajstić information content (AvgIpc) is 2.64. The molecule has 0 fully saturated rings. The Morgan fingerprint density at radius 3 is 2.36 bits per heavy atom. The summed E-state index contributed by atoms with van der Waals surface area (Å²) < 4.78 is 0. The zero-order valence-electron chi connectivity index (χ0n) is 16.9. The summed E-state index contributed by atoms with van der Waals surface area (Å²) in [5.74, 6) is -0.236. The number of nitrogens with one attached hydrogen (secondary N) is 3. The molecule has 3 amide bonds. The molecule has 1 aliphatic heterocycles. The average molecular weight is 378 g/mol. The van der Waals surface area contributed by atoms with E-state index in [1.807, 2.05) is 75.3 Å². The fourth-order valence-electron chi connectivity index (χ4n) is 3.27. The minimum atomic E-state index is -0.518. The number of hydrogen-bond acceptors (Lipinski definition) is 3. The Balaban J connectivity index is 1.95. The molecule has 2 aromatic carbocycles. The van der Waals surface area contributed by atoms with Gasteiger partial charge in [-0.1, -0.05) is 24.3 Å². The van der Waals surface area contributed by atoms with Gasteiger partial charge in [0.25, 0.3) is 5.91 Å². The van der Waals surface area contributed by atoms with E-state index >= 15 is 0 Å². The first-order chi connectivity index (χ1) is 13.3. The summed E-state index contributed by atoms with van der Waals surface area (Å²) in [6, 6.07) is 12.9. The topological polar surface area (TPSA) is 73.5 Å². The number of carbonyl (C=O) groups is 2. The lowest BCUT2D eigenvalue weighted by Gasteiger charge is -2.29. The van der Waals surface area contributed by atoms with Gasteiger partial charge in [-0.2, -0.15) is 0 Å². The third-order valence-electron chi connectivity index (χ3n) is 4.90. The molecule has 1 aliphatic rings. The molecule has 28 heavy (non-hydrogen) atoms. The number of rotatable bonds is 4. The van der Waals surface area contributed by atoms with Crippen LogP contribution in [0.2, 0.25) is 0 Å². The number of urea groups is 1. The first-order valence-corrected chi connectivity index (χ1v) is 9.20. The number of nitrogens with zero attached hydrogens (tertiary/aromatic N) is 1. The molecule has 0 saturated carbocycles. The largest absolute Gasteiger partial charge is 0.378 e. The standard InChI is InChI=1S/C22H26N4O2/c1-13-6-7-14(2)18(12-13)24-21(27)19-15(3)23-22(28)25-20(19)16-8-10-17(11-9-16)26(4)5/h6-12,20H,1-5H3,(H,24,27)(H2,23,25,28). The summed E-state index contributed by atoms with van der Waals surface area (Å²) in [6.07, 6.45) is 0. The molecule has 0 bridgehead atoms. The molecule has 0 spiro atoms. The lowest BCUT2D eigenvalue weighted by molar-refractivity contribution is -0.113. The van der Waals surface area contributed by atoms with Crippen LogP contribution in [0.3, 0.4) is 0 Å². The summed E-state index contributed by atoms with van der Waals surface area (Å²) in [4.78, 5) is 27.2. The Hall–Kier alpha value is -3.28. The van der Waals surface area contributed by atoms with Crippen molar-refractivity contribution >= 4 is 23.3 Å². The lowest BCUT2D eigenvalue weighted by atomic mass is 9.94. The molecule has 1 atom stereocenters. The van der Waals surface area contributed by atoms with Crippen LogP contribution < -0.4 is 20.9 Å². The molecule has 6 heteroatoms. The first kappa shape index (κ1) is 19.5. The SMILES string of the molecule is CC1=C(C(=O)Nc2cc(C)ccc2C)C(c2ccc(N(C)C)cc2)NC(=O)N1. The maximum atomic E-state index is 13.1. The van der Waals surface area contributed by atoms with Crippen LogP contribution in [0.25, 0.3) is 0 Å². The second-order valence-electron chi connectivity index (χ2n) is 7.33. The Morgan fingerprint density at radius 2 is 1.71 bits per heavy atom. The zero-order chi connectivity index (χ0) is 20.4. The van der Waals surface area contributed by atoms with Gasteiger partial charge in [-0.15, -0.1) is 0 Å². The highest BCUT2D eigenvalue weighted by molar-refractivity contribution is 6.07. The van der Waals surface area contributed by atoms with Gasteiger partial charge >= 0.3 is 6.03 Å². The highest BCUT2D eigenvalue weighted by Crippen LogP contribution is 2.29. The van der Waals surface area contributed by atoms with Crippen molar-refractivity contribution in [2.24, 2.45) is 0 Å². The van der Waals surface area contributed by atoms with E-state index in [2.05, 4.69) is 16.0 Å². The van der Waals surface area contributed by atoms with Gasteiger partial charge in [0.1, 0.15) is 0 Å². The third-order valence-corrected chi connectivity index (χ3v) is 4.90. The van der Waals surface area contributed by atoms with Crippen LogP contribution in [0.1, 0.15) is 29.7 Å². The van der Waals surface area contributed by atoms with E-state index in [0.717, 1.165) is 28.1 Å². The number of hydrogen-bond donors (Lipinski definition) is 3. The zero-order valence-corrected chi connectivity index (χ0v) is 16.9. The first-order valence-electron chi connectivity index (χ1n) is 9.20. The molecule has 3 N–H and O–H groups in total. The molecule has 146 valence electrons. The van der Waals surface area contributed by atoms with Gasteiger partial charge in [-0.05, 0) is 55.7 Å². The monoisotopic (exact) mass is 378 g/mol. The maximum Gasteiger partial charge on any atom is 0.319 e. The molecule has 0 radical (unpaired) electrons. The Bertz CT molecular complexity index is 946. The van der Waals surface area contributed by atoms with Gasteiger partial charge in [-0.3, -0.25) is 4.79 Å². The summed E-state index contributed by atoms with van der Waals surface area (Å²) in [5, 5.41) is 8.58. The number of anilines is 2. The van der Waals surface area contributed by atoms with Crippen LogP contribution in [-0.2, 0) is 4.79 Å². The van der Waals surface area contributed by atoms with E-state index in [0.29, 0.717) is 11.3 Å². The van der Waals surface area contributed by atoms with Crippen LogP contribution in [0.4, 0.5) is 16.2 Å². The highest BCUT2D eigenvalue weighted by atomic mass is 16.2. The van der Waals surface area contributed by atoms with E-state index in [1.165, 1.54) is 0 Å². The second-order valence-corrected chi connectivity index (χ2v) is 7.33. The minimum Gasteiger partial charge on any atom is -0.378 e. The summed E-state index contributed by atoms with van der Waals surface area (Å²) in [7, 11) is 3.93. The fraction of sp³-hybridized carbons (Fsp3) is 0.273. The fourth-order valence-corrected chi connectivity index (χ4v) is 3.27. The molecule has 3 rings (SSSR count). The summed E-state index contributed by atoms with van der Waals surface area (Å²) in [5.41, 5.74) is 5.77. The van der Waals surface area contributed by atoms with Crippen molar-refractivity contribution in [2.45, 2.75) is 26.8 Å². The Labute approximate surface area is 165 Å².